The largest absolute Gasteiger partial charge is 0.392 e. The van der Waals surface area contributed by atoms with Crippen LogP contribution in [0.2, 0.25) is 0 Å². The summed E-state index contributed by atoms with van der Waals surface area (Å²) in [6.45, 7) is 4.54. The lowest BCUT2D eigenvalue weighted by Gasteiger charge is -2.10. The number of aryl methyl sites for hydroxylation is 3. The minimum absolute atomic E-state index is 0.352. The van der Waals surface area contributed by atoms with Crippen LogP contribution in [-0.4, -0.2) is 17.8 Å². The van der Waals surface area contributed by atoms with Gasteiger partial charge >= 0.3 is 0 Å². The molecular weight excluding hydrogens is 174 g/mol. The lowest BCUT2D eigenvalue weighted by atomic mass is 10.00. The Labute approximate surface area is 85.8 Å². The SMILES string of the molecule is Cc1ccc(C)c(CCC(O)CN)c1. The lowest BCUT2D eigenvalue weighted by Crippen LogP contribution is -2.20. The zero-order valence-electron chi connectivity index (χ0n) is 8.96. The van der Waals surface area contributed by atoms with Crippen molar-refractivity contribution in [1.29, 1.82) is 0 Å². The van der Waals surface area contributed by atoms with Crippen LogP contribution in [0, 0.1) is 13.8 Å². The molecule has 0 aromatic heterocycles. The van der Waals surface area contributed by atoms with Crippen LogP contribution in [0.15, 0.2) is 18.2 Å². The van der Waals surface area contributed by atoms with E-state index in [4.69, 9.17) is 5.73 Å². The molecule has 0 aliphatic carbocycles. The smallest absolute Gasteiger partial charge is 0.0665 e. The summed E-state index contributed by atoms with van der Waals surface area (Å²) in [5.74, 6) is 0. The summed E-state index contributed by atoms with van der Waals surface area (Å²) in [6, 6.07) is 6.41. The Balaban J connectivity index is 2.62. The highest BCUT2D eigenvalue weighted by Crippen LogP contribution is 2.13. The molecule has 14 heavy (non-hydrogen) atoms. The fourth-order valence-electron chi connectivity index (χ4n) is 1.51. The molecule has 0 saturated heterocycles. The number of nitrogens with two attached hydrogens (primary N) is 1. The van der Waals surface area contributed by atoms with E-state index in [0.29, 0.717) is 6.54 Å². The van der Waals surface area contributed by atoms with Crippen LogP contribution in [0.1, 0.15) is 23.1 Å². The van der Waals surface area contributed by atoms with Crippen molar-refractivity contribution in [2.75, 3.05) is 6.54 Å². The first-order valence-corrected chi connectivity index (χ1v) is 5.07. The minimum atomic E-state index is -0.366. The lowest BCUT2D eigenvalue weighted by molar-refractivity contribution is 0.173. The van der Waals surface area contributed by atoms with E-state index in [2.05, 4.69) is 32.0 Å². The topological polar surface area (TPSA) is 46.2 Å². The minimum Gasteiger partial charge on any atom is -0.392 e. The molecule has 0 fully saturated rings. The quantitative estimate of drug-likeness (QED) is 0.762. The van der Waals surface area contributed by atoms with Crippen LogP contribution in [0.3, 0.4) is 0 Å². The molecule has 0 saturated carbocycles. The van der Waals surface area contributed by atoms with Crippen molar-refractivity contribution in [2.45, 2.75) is 32.8 Å². The van der Waals surface area contributed by atoms with Gasteiger partial charge in [0, 0.05) is 6.54 Å². The second-order valence-corrected chi connectivity index (χ2v) is 3.86. The van der Waals surface area contributed by atoms with Gasteiger partial charge in [-0.05, 0) is 37.8 Å². The van der Waals surface area contributed by atoms with E-state index in [1.807, 2.05) is 0 Å². The van der Waals surface area contributed by atoms with E-state index < -0.39 is 0 Å². The number of hydrogen-bond acceptors (Lipinski definition) is 2. The molecular formula is C12H19NO. The third kappa shape index (κ3) is 3.13. The van der Waals surface area contributed by atoms with Crippen molar-refractivity contribution in [3.63, 3.8) is 0 Å². The zero-order chi connectivity index (χ0) is 10.6. The molecule has 2 nitrogen and oxygen atoms in total. The molecule has 0 bridgehead atoms. The normalized spacial score (nSPS) is 12.9. The predicted molar refractivity (Wildman–Crippen MR) is 59.3 cm³/mol. The molecule has 0 heterocycles. The molecule has 0 spiro atoms. The van der Waals surface area contributed by atoms with Crippen LogP contribution in [-0.2, 0) is 6.42 Å². The summed E-state index contributed by atoms with van der Waals surface area (Å²) in [6.07, 6.45) is 1.29. The maximum atomic E-state index is 9.35. The van der Waals surface area contributed by atoms with Gasteiger partial charge in [-0.25, -0.2) is 0 Å². The molecule has 0 aliphatic rings. The molecule has 1 unspecified atom stereocenters. The molecule has 0 aliphatic heterocycles. The number of aliphatic hydroxyl groups is 1. The maximum Gasteiger partial charge on any atom is 0.0665 e. The van der Waals surface area contributed by atoms with Crippen molar-refractivity contribution in [1.82, 2.24) is 0 Å². The summed E-state index contributed by atoms with van der Waals surface area (Å²) in [7, 11) is 0. The summed E-state index contributed by atoms with van der Waals surface area (Å²) < 4.78 is 0. The fraction of sp³-hybridized carbons (Fsp3) is 0.500. The van der Waals surface area contributed by atoms with Crippen LogP contribution in [0.25, 0.3) is 0 Å². The highest BCUT2D eigenvalue weighted by molar-refractivity contribution is 5.30. The van der Waals surface area contributed by atoms with Crippen molar-refractivity contribution >= 4 is 0 Å². The Hall–Kier alpha value is -0.860. The third-order valence-corrected chi connectivity index (χ3v) is 2.52. The first-order chi connectivity index (χ1) is 6.63. The van der Waals surface area contributed by atoms with E-state index in [-0.39, 0.29) is 6.10 Å². The molecule has 0 amide bonds. The maximum absolute atomic E-state index is 9.35. The van der Waals surface area contributed by atoms with Gasteiger partial charge in [-0.15, -0.1) is 0 Å². The van der Waals surface area contributed by atoms with Gasteiger partial charge in [0.25, 0.3) is 0 Å². The second-order valence-electron chi connectivity index (χ2n) is 3.86. The Kier molecular flexibility index (Phi) is 4.11. The molecule has 1 aromatic carbocycles. The third-order valence-electron chi connectivity index (χ3n) is 2.52. The van der Waals surface area contributed by atoms with E-state index in [1.54, 1.807) is 0 Å². The van der Waals surface area contributed by atoms with Crippen molar-refractivity contribution in [2.24, 2.45) is 5.73 Å². The first kappa shape index (κ1) is 11.2. The monoisotopic (exact) mass is 193 g/mol. The van der Waals surface area contributed by atoms with Crippen LogP contribution >= 0.6 is 0 Å². The van der Waals surface area contributed by atoms with Crippen molar-refractivity contribution in [3.8, 4) is 0 Å². The van der Waals surface area contributed by atoms with E-state index in [0.717, 1.165) is 12.8 Å². The van der Waals surface area contributed by atoms with Gasteiger partial charge in [0.15, 0.2) is 0 Å². The molecule has 3 N–H and O–H groups in total. The van der Waals surface area contributed by atoms with E-state index in [9.17, 15) is 5.11 Å². The van der Waals surface area contributed by atoms with E-state index >= 15 is 0 Å². The van der Waals surface area contributed by atoms with Crippen molar-refractivity contribution < 1.29 is 5.11 Å². The van der Waals surface area contributed by atoms with Crippen LogP contribution < -0.4 is 5.73 Å². The average molecular weight is 193 g/mol. The molecule has 1 atom stereocenters. The number of benzene rings is 1. The summed E-state index contributed by atoms with van der Waals surface area (Å²) in [4.78, 5) is 0. The number of aliphatic hydroxyl groups excluding tert-OH is 1. The summed E-state index contributed by atoms with van der Waals surface area (Å²) in [5.41, 5.74) is 9.23. The Morgan fingerprint density at radius 3 is 2.71 bits per heavy atom. The highest BCUT2D eigenvalue weighted by Gasteiger charge is 2.03. The average Bonchev–Trinajstić information content (AvgIpc) is 2.19. The number of rotatable bonds is 4. The molecule has 78 valence electrons. The Morgan fingerprint density at radius 2 is 2.07 bits per heavy atom. The van der Waals surface area contributed by atoms with Gasteiger partial charge in [-0.1, -0.05) is 23.8 Å². The van der Waals surface area contributed by atoms with Crippen LogP contribution in [0.4, 0.5) is 0 Å². The number of hydrogen-bond donors (Lipinski definition) is 2. The predicted octanol–water partition coefficient (Wildman–Crippen LogP) is 1.56. The standard InChI is InChI=1S/C12H19NO/c1-9-3-4-10(2)11(7-9)5-6-12(14)8-13/h3-4,7,12,14H,5-6,8,13H2,1-2H3. The van der Waals surface area contributed by atoms with Gasteiger partial charge in [0.05, 0.1) is 6.10 Å². The highest BCUT2D eigenvalue weighted by atomic mass is 16.3. The second kappa shape index (κ2) is 5.13. The van der Waals surface area contributed by atoms with Crippen LogP contribution in [0.5, 0.6) is 0 Å². The molecule has 0 radical (unpaired) electrons. The van der Waals surface area contributed by atoms with Crippen molar-refractivity contribution in [3.05, 3.63) is 34.9 Å². The Bertz CT molecular complexity index is 296. The van der Waals surface area contributed by atoms with E-state index in [1.165, 1.54) is 16.7 Å². The zero-order valence-corrected chi connectivity index (χ0v) is 8.96. The fourth-order valence-corrected chi connectivity index (χ4v) is 1.51. The molecule has 1 aromatic rings. The Morgan fingerprint density at radius 1 is 1.36 bits per heavy atom. The van der Waals surface area contributed by atoms with Gasteiger partial charge in [-0.2, -0.15) is 0 Å². The van der Waals surface area contributed by atoms with Gasteiger partial charge in [-0.3, -0.25) is 0 Å². The van der Waals surface area contributed by atoms with Gasteiger partial charge in [0.1, 0.15) is 0 Å². The summed E-state index contributed by atoms with van der Waals surface area (Å²) in [5, 5.41) is 9.35. The van der Waals surface area contributed by atoms with Gasteiger partial charge in [0.2, 0.25) is 0 Å². The first-order valence-electron chi connectivity index (χ1n) is 5.07. The molecule has 2 heteroatoms. The summed E-state index contributed by atoms with van der Waals surface area (Å²) >= 11 is 0. The molecule has 1 rings (SSSR count). The van der Waals surface area contributed by atoms with Gasteiger partial charge < -0.3 is 10.8 Å².